The Morgan fingerprint density at radius 2 is 1.89 bits per heavy atom. The van der Waals surface area contributed by atoms with E-state index in [1.165, 1.54) is 18.2 Å². The number of carboxylic acid groups (broad SMARTS) is 2. The van der Waals surface area contributed by atoms with Crippen LogP contribution in [0.5, 0.6) is 0 Å². The van der Waals surface area contributed by atoms with Crippen molar-refractivity contribution in [3.63, 3.8) is 0 Å². The molecule has 4 N–H and O–H groups in total. The molecule has 0 aliphatic heterocycles. The summed E-state index contributed by atoms with van der Waals surface area (Å²) in [5.74, 6) is -2.43. The van der Waals surface area contributed by atoms with Gasteiger partial charge in [-0.15, -0.1) is 0 Å². The van der Waals surface area contributed by atoms with Gasteiger partial charge in [0.1, 0.15) is 5.69 Å². The van der Waals surface area contributed by atoms with Crippen LogP contribution in [0.25, 0.3) is 22.6 Å². The number of halogens is 2. The number of rotatable bonds is 5. The van der Waals surface area contributed by atoms with Gasteiger partial charge >= 0.3 is 11.9 Å². The average molecular weight is 405 g/mol. The molecule has 3 rings (SSSR count). The fourth-order valence-corrected chi connectivity index (χ4v) is 3.44. The second-order valence-electron chi connectivity index (χ2n) is 5.72. The van der Waals surface area contributed by atoms with Crippen LogP contribution < -0.4 is 5.32 Å². The summed E-state index contributed by atoms with van der Waals surface area (Å²) in [5.41, 5.74) is 1.49. The molecule has 2 aromatic carbocycles. The predicted octanol–water partition coefficient (Wildman–Crippen LogP) is 4.84. The van der Waals surface area contributed by atoms with Crippen LogP contribution in [0.3, 0.4) is 0 Å². The first-order valence-corrected chi connectivity index (χ1v) is 8.54. The minimum absolute atomic E-state index is 0.0680. The second kappa shape index (κ2) is 7.34. The third-order valence-corrected chi connectivity index (χ3v) is 4.56. The van der Waals surface area contributed by atoms with Crippen LogP contribution in [-0.4, -0.2) is 34.2 Å². The van der Waals surface area contributed by atoms with Crippen LogP contribution in [0.4, 0.5) is 5.69 Å². The maximum atomic E-state index is 11.9. The van der Waals surface area contributed by atoms with Gasteiger partial charge in [0.15, 0.2) is 0 Å². The minimum atomic E-state index is -1.24. The zero-order valence-electron chi connectivity index (χ0n) is 14.0. The summed E-state index contributed by atoms with van der Waals surface area (Å²) >= 11 is 12.2. The Kier molecular flexibility index (Phi) is 5.12. The van der Waals surface area contributed by atoms with E-state index in [1.54, 1.807) is 31.3 Å². The minimum Gasteiger partial charge on any atom is -0.478 e. The van der Waals surface area contributed by atoms with Crippen molar-refractivity contribution in [2.24, 2.45) is 0 Å². The van der Waals surface area contributed by atoms with E-state index in [0.29, 0.717) is 21.5 Å². The average Bonchev–Trinajstić information content (AvgIpc) is 2.98. The van der Waals surface area contributed by atoms with Crippen LogP contribution >= 0.6 is 23.2 Å². The van der Waals surface area contributed by atoms with E-state index in [1.807, 2.05) is 0 Å². The molecule has 1 aromatic heterocycles. The van der Waals surface area contributed by atoms with Gasteiger partial charge in [-0.1, -0.05) is 35.3 Å². The Hall–Kier alpha value is -2.96. The van der Waals surface area contributed by atoms with Crippen molar-refractivity contribution >= 4 is 63.4 Å². The van der Waals surface area contributed by atoms with E-state index < -0.39 is 11.9 Å². The summed E-state index contributed by atoms with van der Waals surface area (Å²) in [7, 11) is 1.72. The molecule has 0 fully saturated rings. The number of carbonyl (C=O) groups is 2. The van der Waals surface area contributed by atoms with E-state index in [2.05, 4.69) is 10.3 Å². The number of aromatic nitrogens is 1. The van der Waals surface area contributed by atoms with Crippen LogP contribution in [0, 0.1) is 0 Å². The molecule has 8 heteroatoms. The van der Waals surface area contributed by atoms with Crippen molar-refractivity contribution in [3.8, 4) is 0 Å². The number of benzene rings is 2. The highest BCUT2D eigenvalue weighted by Crippen LogP contribution is 2.35. The van der Waals surface area contributed by atoms with Crippen molar-refractivity contribution in [2.45, 2.75) is 0 Å². The number of aromatic carboxylic acids is 1. The normalized spacial score (nSPS) is 11.6. The van der Waals surface area contributed by atoms with Gasteiger partial charge in [0.05, 0.1) is 10.6 Å². The predicted molar refractivity (Wildman–Crippen MR) is 107 cm³/mol. The number of carboxylic acids is 2. The molecule has 0 spiro atoms. The van der Waals surface area contributed by atoms with Gasteiger partial charge in [-0.3, -0.25) is 0 Å². The number of H-pyrrole nitrogens is 1. The highest BCUT2D eigenvalue weighted by Gasteiger charge is 2.21. The van der Waals surface area contributed by atoms with Crippen LogP contribution in [0.1, 0.15) is 21.6 Å². The lowest BCUT2D eigenvalue weighted by atomic mass is 10.0. The first-order chi connectivity index (χ1) is 12.8. The van der Waals surface area contributed by atoms with E-state index in [4.69, 9.17) is 23.2 Å². The van der Waals surface area contributed by atoms with Gasteiger partial charge in [-0.25, -0.2) is 9.59 Å². The molecule has 3 aromatic rings. The molecule has 0 radical (unpaired) electrons. The van der Waals surface area contributed by atoms with Crippen molar-refractivity contribution < 1.29 is 19.8 Å². The Balaban J connectivity index is 2.32. The van der Waals surface area contributed by atoms with Crippen molar-refractivity contribution in [1.82, 2.24) is 4.98 Å². The molecule has 0 atom stereocenters. The molecule has 0 saturated carbocycles. The van der Waals surface area contributed by atoms with Gasteiger partial charge in [-0.05, 0) is 35.9 Å². The number of hydrogen-bond acceptors (Lipinski definition) is 3. The number of hydrogen-bond donors (Lipinski definition) is 4. The molecule has 0 bridgehead atoms. The molecule has 0 aliphatic rings. The molecule has 0 amide bonds. The quantitative estimate of drug-likeness (QED) is 0.455. The van der Waals surface area contributed by atoms with Crippen molar-refractivity contribution in [2.75, 3.05) is 12.4 Å². The summed E-state index contributed by atoms with van der Waals surface area (Å²) < 4.78 is 0. The zero-order chi connectivity index (χ0) is 19.7. The topological polar surface area (TPSA) is 102 Å². The summed E-state index contributed by atoms with van der Waals surface area (Å²) in [5, 5.41) is 23.1. The molecule has 1 heterocycles. The van der Waals surface area contributed by atoms with Gasteiger partial charge in [0.2, 0.25) is 0 Å². The lowest BCUT2D eigenvalue weighted by molar-refractivity contribution is -0.130. The second-order valence-corrected chi connectivity index (χ2v) is 6.57. The third-order valence-electron chi connectivity index (χ3n) is 4.05. The summed E-state index contributed by atoms with van der Waals surface area (Å²) in [6, 6.07) is 9.80. The van der Waals surface area contributed by atoms with E-state index >= 15 is 0 Å². The smallest absolute Gasteiger partial charge is 0.352 e. The SMILES string of the molecule is CNc1cccc(/C(=C\c2c(C(=O)O)[nH]c3cc(Cl)cc(Cl)c23)C(=O)O)c1. The highest BCUT2D eigenvalue weighted by atomic mass is 35.5. The van der Waals surface area contributed by atoms with E-state index in [0.717, 1.165) is 5.69 Å². The Morgan fingerprint density at radius 1 is 1.15 bits per heavy atom. The summed E-state index contributed by atoms with van der Waals surface area (Å²) in [6.07, 6.45) is 1.30. The zero-order valence-corrected chi connectivity index (χ0v) is 15.5. The van der Waals surface area contributed by atoms with E-state index in [-0.39, 0.29) is 21.9 Å². The van der Waals surface area contributed by atoms with Crippen LogP contribution in [-0.2, 0) is 4.79 Å². The molecular formula is C19H14Cl2N2O4. The maximum Gasteiger partial charge on any atom is 0.352 e. The van der Waals surface area contributed by atoms with Crippen molar-refractivity contribution in [1.29, 1.82) is 0 Å². The molecule has 27 heavy (non-hydrogen) atoms. The molecule has 0 aliphatic carbocycles. The number of fused-ring (bicyclic) bond motifs is 1. The van der Waals surface area contributed by atoms with Gasteiger partial charge < -0.3 is 20.5 Å². The Labute approximate surface area is 164 Å². The third kappa shape index (κ3) is 3.63. The van der Waals surface area contributed by atoms with Crippen LogP contribution in [0.15, 0.2) is 36.4 Å². The number of aliphatic carboxylic acids is 1. The Morgan fingerprint density at radius 3 is 2.52 bits per heavy atom. The summed E-state index contributed by atoms with van der Waals surface area (Å²) in [6.45, 7) is 0. The van der Waals surface area contributed by atoms with Gasteiger partial charge in [0, 0.05) is 34.2 Å². The number of aromatic amines is 1. The molecule has 6 nitrogen and oxygen atoms in total. The Bertz CT molecular complexity index is 1100. The molecule has 0 saturated heterocycles. The fourth-order valence-electron chi connectivity index (χ4n) is 2.84. The first-order valence-electron chi connectivity index (χ1n) is 7.79. The lowest BCUT2D eigenvalue weighted by Crippen LogP contribution is -2.03. The van der Waals surface area contributed by atoms with Gasteiger partial charge in [0.25, 0.3) is 0 Å². The first kappa shape index (κ1) is 18.8. The lowest BCUT2D eigenvalue weighted by Gasteiger charge is -2.07. The monoisotopic (exact) mass is 404 g/mol. The standard InChI is InChI=1S/C19H14Cl2N2O4/c1-22-11-4-2-3-9(5-11)12(18(24)25)8-13-16-14(21)6-10(20)7-15(16)23-17(13)19(26)27/h2-8,22-23H,1H3,(H,24,25)(H,26,27)/b12-8+. The fraction of sp³-hybridized carbons (Fsp3) is 0.0526. The summed E-state index contributed by atoms with van der Waals surface area (Å²) in [4.78, 5) is 26.3. The van der Waals surface area contributed by atoms with E-state index in [9.17, 15) is 19.8 Å². The molecular weight excluding hydrogens is 391 g/mol. The van der Waals surface area contributed by atoms with Crippen LogP contribution in [0.2, 0.25) is 10.0 Å². The molecule has 138 valence electrons. The largest absolute Gasteiger partial charge is 0.478 e. The van der Waals surface area contributed by atoms with Crippen molar-refractivity contribution in [3.05, 3.63) is 63.3 Å². The number of anilines is 1. The highest BCUT2D eigenvalue weighted by molar-refractivity contribution is 6.39. The number of nitrogens with one attached hydrogen (secondary N) is 2. The van der Waals surface area contributed by atoms with Gasteiger partial charge in [-0.2, -0.15) is 0 Å². The maximum absolute atomic E-state index is 11.9. The molecule has 0 unspecified atom stereocenters.